The molecule has 6 amide bonds. The molecule has 180 valence electrons. The second-order valence-electron chi connectivity index (χ2n) is 8.41. The molecule has 10 heteroatoms. The molecular formula is C25H24N4O6. The Kier molecular flexibility index (Phi) is 7.00. The standard InChI is InChI=1S/C25H24N4O6/c30-20(14-28-22(32)9-10-23(28)33)26-18-5-1-16(2-6-18)13-17-3-7-19(8-4-17)27-21(31)15-29-24(34)11-12-25(29)35/h1-8H,9-15H2,(H,26,30)(H,27,31). The van der Waals surface area contributed by atoms with E-state index in [1.807, 2.05) is 24.3 Å². The number of carbonyl (C=O) groups is 6. The normalized spacial score (nSPS) is 15.7. The number of benzene rings is 2. The SMILES string of the molecule is O=C(CN1C(=O)CCC1=O)Nc1ccc(Cc2ccc(NC(=O)CN3C(=O)CCC3=O)cc2)cc1. The predicted molar refractivity (Wildman–Crippen MR) is 125 cm³/mol. The summed E-state index contributed by atoms with van der Waals surface area (Å²) in [7, 11) is 0. The third kappa shape index (κ3) is 5.97. The van der Waals surface area contributed by atoms with E-state index in [9.17, 15) is 28.8 Å². The number of likely N-dealkylation sites (tertiary alicyclic amines) is 2. The van der Waals surface area contributed by atoms with E-state index in [2.05, 4.69) is 10.6 Å². The fourth-order valence-electron chi connectivity index (χ4n) is 3.93. The third-order valence-electron chi connectivity index (χ3n) is 5.80. The first-order valence-corrected chi connectivity index (χ1v) is 11.2. The Bertz CT molecular complexity index is 1060. The van der Waals surface area contributed by atoms with Crippen LogP contribution in [0.4, 0.5) is 11.4 Å². The summed E-state index contributed by atoms with van der Waals surface area (Å²) in [4.78, 5) is 72.8. The first kappa shape index (κ1) is 23.8. The van der Waals surface area contributed by atoms with Crippen LogP contribution in [-0.4, -0.2) is 58.3 Å². The second-order valence-corrected chi connectivity index (χ2v) is 8.41. The Morgan fingerprint density at radius 3 is 1.20 bits per heavy atom. The van der Waals surface area contributed by atoms with Crippen LogP contribution in [0, 0.1) is 0 Å². The lowest BCUT2D eigenvalue weighted by molar-refractivity contribution is -0.142. The van der Waals surface area contributed by atoms with Gasteiger partial charge in [0.2, 0.25) is 35.4 Å². The van der Waals surface area contributed by atoms with E-state index >= 15 is 0 Å². The summed E-state index contributed by atoms with van der Waals surface area (Å²) in [5.74, 6) is -2.19. The van der Waals surface area contributed by atoms with Gasteiger partial charge in [-0.1, -0.05) is 24.3 Å². The highest BCUT2D eigenvalue weighted by molar-refractivity contribution is 6.07. The van der Waals surface area contributed by atoms with Crippen LogP contribution in [0.1, 0.15) is 36.8 Å². The fraction of sp³-hybridized carbons (Fsp3) is 0.280. The molecule has 2 N–H and O–H groups in total. The van der Waals surface area contributed by atoms with Gasteiger partial charge < -0.3 is 10.6 Å². The Morgan fingerprint density at radius 2 is 0.886 bits per heavy atom. The molecule has 2 aromatic carbocycles. The molecule has 35 heavy (non-hydrogen) atoms. The monoisotopic (exact) mass is 476 g/mol. The summed E-state index contributed by atoms with van der Waals surface area (Å²) < 4.78 is 0. The van der Waals surface area contributed by atoms with Gasteiger partial charge in [0.1, 0.15) is 13.1 Å². The van der Waals surface area contributed by atoms with Crippen molar-refractivity contribution in [3.05, 3.63) is 59.7 Å². The molecule has 0 unspecified atom stereocenters. The lowest BCUT2D eigenvalue weighted by atomic mass is 10.0. The van der Waals surface area contributed by atoms with Crippen molar-refractivity contribution in [1.82, 2.24) is 9.80 Å². The molecule has 0 bridgehead atoms. The lowest BCUT2D eigenvalue weighted by Gasteiger charge is -2.14. The van der Waals surface area contributed by atoms with Crippen LogP contribution in [0.15, 0.2) is 48.5 Å². The van der Waals surface area contributed by atoms with Crippen molar-refractivity contribution in [3.63, 3.8) is 0 Å². The fourth-order valence-corrected chi connectivity index (χ4v) is 3.93. The summed E-state index contributed by atoms with van der Waals surface area (Å²) in [5, 5.41) is 5.37. The van der Waals surface area contributed by atoms with Crippen molar-refractivity contribution in [1.29, 1.82) is 0 Å². The van der Waals surface area contributed by atoms with E-state index < -0.39 is 11.8 Å². The highest BCUT2D eigenvalue weighted by Gasteiger charge is 2.31. The Hall–Kier alpha value is -4.34. The molecule has 2 saturated heterocycles. The molecule has 0 atom stereocenters. The number of carbonyl (C=O) groups excluding carboxylic acids is 6. The topological polar surface area (TPSA) is 133 Å². The molecule has 0 aromatic heterocycles. The quantitative estimate of drug-likeness (QED) is 0.554. The molecule has 2 fully saturated rings. The van der Waals surface area contributed by atoms with Crippen molar-refractivity contribution in [2.75, 3.05) is 23.7 Å². The van der Waals surface area contributed by atoms with Crippen molar-refractivity contribution < 1.29 is 28.8 Å². The van der Waals surface area contributed by atoms with Crippen molar-refractivity contribution >= 4 is 46.8 Å². The van der Waals surface area contributed by atoms with E-state index in [1.54, 1.807) is 24.3 Å². The molecule has 2 aliphatic heterocycles. The molecule has 0 spiro atoms. The Morgan fingerprint density at radius 1 is 0.571 bits per heavy atom. The smallest absolute Gasteiger partial charge is 0.244 e. The molecule has 2 aliphatic rings. The van der Waals surface area contributed by atoms with E-state index in [4.69, 9.17) is 0 Å². The number of imide groups is 2. The zero-order valence-corrected chi connectivity index (χ0v) is 18.9. The molecule has 0 saturated carbocycles. The maximum Gasteiger partial charge on any atom is 0.244 e. The van der Waals surface area contributed by atoms with E-state index in [0.717, 1.165) is 20.9 Å². The molecule has 0 aliphatic carbocycles. The van der Waals surface area contributed by atoms with E-state index in [0.29, 0.717) is 17.8 Å². The minimum absolute atomic E-state index is 0.148. The first-order valence-electron chi connectivity index (χ1n) is 11.2. The number of anilines is 2. The van der Waals surface area contributed by atoms with Gasteiger partial charge in [-0.25, -0.2) is 0 Å². The highest BCUT2D eigenvalue weighted by atomic mass is 16.2. The largest absolute Gasteiger partial charge is 0.325 e. The Balaban J connectivity index is 1.26. The van der Waals surface area contributed by atoms with Crippen LogP contribution in [-0.2, 0) is 35.2 Å². The first-order chi connectivity index (χ1) is 16.8. The third-order valence-corrected chi connectivity index (χ3v) is 5.80. The average molecular weight is 476 g/mol. The van der Waals surface area contributed by atoms with Gasteiger partial charge in [0.25, 0.3) is 0 Å². The maximum atomic E-state index is 12.1. The van der Waals surface area contributed by atoms with Crippen LogP contribution >= 0.6 is 0 Å². The van der Waals surface area contributed by atoms with Crippen LogP contribution in [0.5, 0.6) is 0 Å². The molecule has 10 nitrogen and oxygen atoms in total. The summed E-state index contributed by atoms with van der Waals surface area (Å²) in [6.45, 7) is -0.570. The summed E-state index contributed by atoms with van der Waals surface area (Å²) >= 11 is 0. The van der Waals surface area contributed by atoms with Crippen molar-refractivity contribution in [2.24, 2.45) is 0 Å². The maximum absolute atomic E-state index is 12.1. The zero-order valence-electron chi connectivity index (χ0n) is 18.9. The molecule has 2 heterocycles. The van der Waals surface area contributed by atoms with Gasteiger partial charge in [0.15, 0.2) is 0 Å². The summed E-state index contributed by atoms with van der Waals surface area (Å²) in [6.07, 6.45) is 1.21. The van der Waals surface area contributed by atoms with E-state index in [-0.39, 0.29) is 62.4 Å². The molecule has 4 rings (SSSR count). The van der Waals surface area contributed by atoms with Crippen LogP contribution < -0.4 is 10.6 Å². The number of nitrogens with zero attached hydrogens (tertiary/aromatic N) is 2. The summed E-state index contributed by atoms with van der Waals surface area (Å²) in [5.41, 5.74) is 3.11. The molecule has 0 radical (unpaired) electrons. The van der Waals surface area contributed by atoms with Gasteiger partial charge in [0, 0.05) is 37.1 Å². The number of hydrogen-bond donors (Lipinski definition) is 2. The zero-order chi connectivity index (χ0) is 24.9. The number of rotatable bonds is 8. The number of nitrogens with one attached hydrogen (secondary N) is 2. The van der Waals surface area contributed by atoms with Gasteiger partial charge in [-0.3, -0.25) is 38.6 Å². The lowest BCUT2D eigenvalue weighted by Crippen LogP contribution is -2.36. The van der Waals surface area contributed by atoms with Gasteiger partial charge in [-0.15, -0.1) is 0 Å². The number of hydrogen-bond acceptors (Lipinski definition) is 6. The van der Waals surface area contributed by atoms with E-state index in [1.165, 1.54) is 0 Å². The molecule has 2 aromatic rings. The van der Waals surface area contributed by atoms with Gasteiger partial charge in [0.05, 0.1) is 0 Å². The average Bonchev–Trinajstić information content (AvgIpc) is 3.32. The van der Waals surface area contributed by atoms with Crippen LogP contribution in [0.2, 0.25) is 0 Å². The van der Waals surface area contributed by atoms with Crippen LogP contribution in [0.25, 0.3) is 0 Å². The van der Waals surface area contributed by atoms with Gasteiger partial charge in [-0.2, -0.15) is 0 Å². The van der Waals surface area contributed by atoms with Gasteiger partial charge >= 0.3 is 0 Å². The Labute approximate surface area is 201 Å². The minimum atomic E-state index is -0.433. The second kappa shape index (κ2) is 10.3. The molecular weight excluding hydrogens is 452 g/mol. The number of amides is 6. The van der Waals surface area contributed by atoms with Crippen LogP contribution in [0.3, 0.4) is 0 Å². The summed E-state index contributed by atoms with van der Waals surface area (Å²) in [6, 6.07) is 14.4. The predicted octanol–water partition coefficient (Wildman–Crippen LogP) is 1.45. The van der Waals surface area contributed by atoms with Gasteiger partial charge in [-0.05, 0) is 41.8 Å². The van der Waals surface area contributed by atoms with Crippen molar-refractivity contribution in [3.8, 4) is 0 Å². The highest BCUT2D eigenvalue weighted by Crippen LogP contribution is 2.17. The minimum Gasteiger partial charge on any atom is -0.325 e. The van der Waals surface area contributed by atoms with Crippen molar-refractivity contribution in [2.45, 2.75) is 32.1 Å².